The molecule has 0 amide bonds. The van der Waals surface area contributed by atoms with Crippen molar-refractivity contribution in [3.05, 3.63) is 0 Å². The molecule has 3 fully saturated rings. The van der Waals surface area contributed by atoms with Gasteiger partial charge in [0.25, 0.3) is 0 Å². The van der Waals surface area contributed by atoms with Crippen LogP contribution in [-0.4, -0.2) is 187 Å². The molecule has 378 valence electrons. The molecule has 2 saturated heterocycles. The first-order chi connectivity index (χ1) is 30.4. The number of fused-ring (bicyclic) bond motifs is 1. The molecule has 2 heterocycles. The highest BCUT2D eigenvalue weighted by molar-refractivity contribution is 5.76. The van der Waals surface area contributed by atoms with Crippen LogP contribution in [0.2, 0.25) is 0 Å². The second-order valence-corrected chi connectivity index (χ2v) is 18.5. The predicted octanol–water partition coefficient (Wildman–Crippen LogP) is -8.70. The summed E-state index contributed by atoms with van der Waals surface area (Å²) in [5.41, 5.74) is -2.52. The molecular weight excluding hydrogens is 869 g/mol. The van der Waals surface area contributed by atoms with Crippen molar-refractivity contribution in [2.24, 2.45) is 0 Å². The van der Waals surface area contributed by atoms with Crippen molar-refractivity contribution in [2.75, 3.05) is 26.2 Å². The molecule has 0 bridgehead atoms. The van der Waals surface area contributed by atoms with Crippen LogP contribution in [0.5, 0.6) is 0 Å². The van der Waals surface area contributed by atoms with E-state index in [1.165, 1.54) is 65.2 Å². The Bertz CT molecular complexity index is 1660. The summed E-state index contributed by atoms with van der Waals surface area (Å²) in [4.78, 5) is 104. The topological polar surface area (TPSA) is 340 Å². The third-order valence-corrected chi connectivity index (χ3v) is 15.0. The first-order valence-corrected chi connectivity index (χ1v) is 22.7. The number of nitrogens with zero attached hydrogens (tertiary/aromatic N) is 6. The number of carboxylic acids is 8. The average molecular weight is 937 g/mol. The van der Waals surface area contributed by atoms with Crippen LogP contribution in [0.4, 0.5) is 0 Å². The average Bonchev–Trinajstić information content (AvgIpc) is 3.47. The van der Waals surface area contributed by atoms with Gasteiger partial charge in [-0.25, -0.2) is 0 Å². The lowest BCUT2D eigenvalue weighted by Gasteiger charge is -2.53. The summed E-state index contributed by atoms with van der Waals surface area (Å²) in [6, 6.07) is -11.5. The molecule has 3 rings (SSSR count). The summed E-state index contributed by atoms with van der Waals surface area (Å²) in [7, 11) is 0. The van der Waals surface area contributed by atoms with Crippen molar-refractivity contribution < 1.29 is 79.2 Å². The number of aliphatic carboxylic acids is 8. The number of carbonyl (C=O) groups excluding carboxylic acids is 8. The van der Waals surface area contributed by atoms with Gasteiger partial charge in [0.15, 0.2) is 0 Å². The Morgan fingerprint density at radius 2 is 0.636 bits per heavy atom. The van der Waals surface area contributed by atoms with Gasteiger partial charge < -0.3 is 79.2 Å². The van der Waals surface area contributed by atoms with Crippen LogP contribution in [0.15, 0.2) is 0 Å². The maximum absolute atomic E-state index is 12.0. The van der Waals surface area contributed by atoms with E-state index in [2.05, 4.69) is 0 Å². The van der Waals surface area contributed by atoms with Crippen molar-refractivity contribution in [3.63, 3.8) is 0 Å². The zero-order chi connectivity index (χ0) is 51.1. The van der Waals surface area contributed by atoms with Crippen molar-refractivity contribution >= 4 is 47.8 Å². The number of hydrogen-bond donors (Lipinski definition) is 0. The van der Waals surface area contributed by atoms with Gasteiger partial charge >= 0.3 is 0 Å². The largest absolute Gasteiger partial charge is 0.548 e. The fourth-order valence-electron chi connectivity index (χ4n) is 10.7. The molecule has 22 heteroatoms. The highest BCUT2D eigenvalue weighted by Gasteiger charge is 2.53. The Morgan fingerprint density at radius 1 is 0.424 bits per heavy atom. The van der Waals surface area contributed by atoms with Gasteiger partial charge in [0.2, 0.25) is 0 Å². The lowest BCUT2D eigenvalue weighted by atomic mass is 9.87. The van der Waals surface area contributed by atoms with E-state index in [-0.39, 0.29) is 51.1 Å². The van der Waals surface area contributed by atoms with Crippen LogP contribution in [0.3, 0.4) is 0 Å². The molecule has 0 aromatic rings. The minimum absolute atomic E-state index is 0.00528. The SMILES string of the molecule is CCC1(N(C(C)C(=O)[O-])C(C)C(=O)[O-])CN(C(C)C(=O)[O-])C(C)C(C)N(C(C)C(=O)[O-])C1.CCC1(N(C(C)C(=O)[O-])C(C)C(=O)[O-])CN(C(C)C(=O)[O-])C2CCCCC2N(C(C)C(=O)[O-])C1. The van der Waals surface area contributed by atoms with Gasteiger partial charge in [-0.2, -0.15) is 0 Å². The Balaban J connectivity index is 0.000000454. The monoisotopic (exact) mass is 936 g/mol. The van der Waals surface area contributed by atoms with Gasteiger partial charge in [-0.1, -0.05) is 26.7 Å². The number of carbonyl (C=O) groups is 8. The Kier molecular flexibility index (Phi) is 20.5. The second-order valence-electron chi connectivity index (χ2n) is 18.5. The van der Waals surface area contributed by atoms with E-state index in [1.54, 1.807) is 47.3 Å². The summed E-state index contributed by atoms with van der Waals surface area (Å²) in [6.45, 7) is 17.8. The maximum atomic E-state index is 12.0. The zero-order valence-electron chi connectivity index (χ0n) is 40.2. The second kappa shape index (κ2) is 23.5. The van der Waals surface area contributed by atoms with Crippen molar-refractivity contribution in [1.29, 1.82) is 0 Å². The van der Waals surface area contributed by atoms with Crippen LogP contribution in [0.1, 0.15) is 122 Å². The minimum Gasteiger partial charge on any atom is -0.548 e. The molecule has 0 aromatic heterocycles. The molecule has 66 heavy (non-hydrogen) atoms. The molecule has 12 unspecified atom stereocenters. The summed E-state index contributed by atoms with van der Waals surface area (Å²) in [5, 5.41) is 95.0. The first-order valence-electron chi connectivity index (χ1n) is 22.7. The minimum atomic E-state index is -1.52. The fraction of sp³-hybridized carbons (Fsp3) is 0.818. The zero-order valence-corrected chi connectivity index (χ0v) is 40.2. The molecule has 3 aliphatic rings. The Morgan fingerprint density at radius 3 is 0.833 bits per heavy atom. The number of hydrogen-bond acceptors (Lipinski definition) is 22. The first kappa shape index (κ1) is 57.6. The molecule has 0 spiro atoms. The van der Waals surface area contributed by atoms with Gasteiger partial charge in [0.1, 0.15) is 0 Å². The van der Waals surface area contributed by atoms with Crippen molar-refractivity contribution in [2.45, 2.75) is 205 Å². The third-order valence-electron chi connectivity index (χ3n) is 15.0. The van der Waals surface area contributed by atoms with Crippen LogP contribution < -0.4 is 40.9 Å². The summed E-state index contributed by atoms with van der Waals surface area (Å²) < 4.78 is 0. The van der Waals surface area contributed by atoms with E-state index < -0.39 is 119 Å². The van der Waals surface area contributed by atoms with E-state index in [1.807, 2.05) is 0 Å². The molecule has 22 nitrogen and oxygen atoms in total. The van der Waals surface area contributed by atoms with Gasteiger partial charge in [0.05, 0.1) is 47.8 Å². The summed E-state index contributed by atoms with van der Waals surface area (Å²) >= 11 is 0. The molecule has 1 saturated carbocycles. The number of carboxylic acid groups (broad SMARTS) is 8. The smallest absolute Gasteiger partial charge is 0.0584 e. The Hall–Kier alpha value is -4.48. The molecule has 0 radical (unpaired) electrons. The molecule has 12 atom stereocenters. The van der Waals surface area contributed by atoms with E-state index in [4.69, 9.17) is 0 Å². The van der Waals surface area contributed by atoms with Gasteiger partial charge in [-0.05, 0) is 94.9 Å². The third kappa shape index (κ3) is 12.3. The quantitative estimate of drug-likeness (QED) is 0.109. The predicted molar refractivity (Wildman–Crippen MR) is 217 cm³/mol. The molecule has 1 aliphatic carbocycles. The van der Waals surface area contributed by atoms with E-state index in [9.17, 15) is 79.2 Å². The number of rotatable bonds is 20. The molecular formula is C44H68N6O16-8. The molecule has 0 aromatic carbocycles. The normalized spacial score (nSPS) is 29.5. The van der Waals surface area contributed by atoms with Crippen LogP contribution >= 0.6 is 0 Å². The Labute approximate surface area is 387 Å². The highest BCUT2D eigenvalue weighted by Crippen LogP contribution is 2.40. The van der Waals surface area contributed by atoms with E-state index in [0.717, 1.165) is 12.8 Å². The van der Waals surface area contributed by atoms with E-state index in [0.29, 0.717) is 12.8 Å². The lowest BCUT2D eigenvalue weighted by Crippen LogP contribution is -2.70. The van der Waals surface area contributed by atoms with E-state index >= 15 is 0 Å². The molecule has 0 N–H and O–H groups in total. The van der Waals surface area contributed by atoms with Crippen LogP contribution in [0, 0.1) is 0 Å². The van der Waals surface area contributed by atoms with Crippen LogP contribution in [-0.2, 0) is 38.4 Å². The lowest BCUT2D eigenvalue weighted by molar-refractivity contribution is -0.324. The van der Waals surface area contributed by atoms with Gasteiger partial charge in [0, 0.05) is 110 Å². The van der Waals surface area contributed by atoms with Crippen molar-refractivity contribution in [1.82, 2.24) is 29.4 Å². The van der Waals surface area contributed by atoms with Crippen molar-refractivity contribution in [3.8, 4) is 0 Å². The fourth-order valence-corrected chi connectivity index (χ4v) is 10.7. The molecule has 2 aliphatic heterocycles. The standard InChI is InChI=1S/C23H39N3O8.C21H37N3O8/c1-6-23(26(15(4)21(31)32)16(5)22(33)34)11-24(13(2)19(27)28)17-9-7-8-10-18(17)25(12-23)14(3)20(29)30;1-8-21(24(15(6)19(29)30)16(7)20(31)32)9-22(13(4)17(25)26)11(2)12(3)23(10-21)14(5)18(27)28/h13-18H,6-12H2,1-5H3,(H,27,28)(H,29,30)(H,31,32)(H,33,34);11-16H,8-10H2,1-7H3,(H,25,26)(H,27,28)(H,29,30)(H,31,32)/p-8. The summed E-state index contributed by atoms with van der Waals surface area (Å²) in [5.74, 6) is -11.4. The van der Waals surface area contributed by atoms with Crippen LogP contribution in [0.25, 0.3) is 0 Å². The van der Waals surface area contributed by atoms with Gasteiger partial charge in [-0.15, -0.1) is 0 Å². The highest BCUT2D eigenvalue weighted by atomic mass is 16.4. The van der Waals surface area contributed by atoms with Gasteiger partial charge in [-0.3, -0.25) is 29.4 Å². The maximum Gasteiger partial charge on any atom is 0.0584 e. The summed E-state index contributed by atoms with van der Waals surface area (Å²) in [6.07, 6.45) is 3.27.